The molecule has 94 valence electrons. The molecular formula is C11H15NO4S. The summed E-state index contributed by atoms with van der Waals surface area (Å²) in [6.07, 6.45) is 0.762. The number of nitrogens with zero attached hydrogens (tertiary/aromatic N) is 1. The van der Waals surface area contributed by atoms with E-state index in [9.17, 15) is 8.42 Å². The minimum Gasteiger partial charge on any atom is -0.484 e. The Morgan fingerprint density at radius 1 is 1.47 bits per heavy atom. The minimum atomic E-state index is -3.42. The summed E-state index contributed by atoms with van der Waals surface area (Å²) in [5.74, 6) is 0.753. The molecule has 1 atom stereocenters. The van der Waals surface area contributed by atoms with Gasteiger partial charge >= 0.3 is 0 Å². The van der Waals surface area contributed by atoms with E-state index in [0.717, 1.165) is 17.7 Å². The highest BCUT2D eigenvalue weighted by Gasteiger charge is 2.24. The number of anilines is 1. The average Bonchev–Trinajstić information content (AvgIpc) is 2.26. The Bertz CT molecular complexity index is 500. The van der Waals surface area contributed by atoms with Gasteiger partial charge in [0.2, 0.25) is 0 Å². The molecule has 1 aliphatic rings. The fourth-order valence-corrected chi connectivity index (χ4v) is 2.18. The van der Waals surface area contributed by atoms with Crippen molar-refractivity contribution < 1.29 is 17.3 Å². The smallest absolute Gasteiger partial charge is 0.264 e. The molecule has 1 aromatic carbocycles. The topological polar surface area (TPSA) is 55.8 Å². The van der Waals surface area contributed by atoms with Gasteiger partial charge < -0.3 is 9.64 Å². The molecule has 0 N–H and O–H groups in total. The minimum absolute atomic E-state index is 0.0392. The first-order chi connectivity index (χ1) is 7.96. The first kappa shape index (κ1) is 12.2. The molecule has 0 aliphatic carbocycles. The van der Waals surface area contributed by atoms with Crippen molar-refractivity contribution in [2.75, 3.05) is 31.4 Å². The largest absolute Gasteiger partial charge is 0.484 e. The van der Waals surface area contributed by atoms with E-state index >= 15 is 0 Å². The van der Waals surface area contributed by atoms with E-state index in [1.165, 1.54) is 0 Å². The van der Waals surface area contributed by atoms with Gasteiger partial charge in [0.25, 0.3) is 10.1 Å². The standard InChI is InChI=1S/C11H15NO4S/c1-12-7-9(8-15-17(2,13)14)16-11-6-4-3-5-10(11)12/h3-6,9H,7-8H2,1-2H3. The summed E-state index contributed by atoms with van der Waals surface area (Å²) < 4.78 is 32.2. The summed E-state index contributed by atoms with van der Waals surface area (Å²) in [6.45, 7) is 0.643. The number of ether oxygens (including phenoxy) is 1. The van der Waals surface area contributed by atoms with Crippen LogP contribution in [-0.2, 0) is 14.3 Å². The van der Waals surface area contributed by atoms with Crippen LogP contribution in [0.2, 0.25) is 0 Å². The number of para-hydroxylation sites is 2. The molecule has 2 rings (SSSR count). The van der Waals surface area contributed by atoms with Gasteiger partial charge in [0, 0.05) is 7.05 Å². The Labute approximate surface area is 101 Å². The molecule has 0 saturated carbocycles. The predicted octanol–water partition coefficient (Wildman–Crippen LogP) is 0.860. The second-order valence-corrected chi connectivity index (χ2v) is 5.72. The third-order valence-electron chi connectivity index (χ3n) is 2.52. The normalized spacial score (nSPS) is 19.6. The van der Waals surface area contributed by atoms with Gasteiger partial charge in [0.1, 0.15) is 18.5 Å². The van der Waals surface area contributed by atoms with Crippen molar-refractivity contribution in [3.8, 4) is 5.75 Å². The maximum atomic E-state index is 10.9. The second kappa shape index (κ2) is 4.54. The number of hydrogen-bond donors (Lipinski definition) is 0. The van der Waals surface area contributed by atoms with E-state index in [1.54, 1.807) is 0 Å². The monoisotopic (exact) mass is 257 g/mol. The molecule has 1 aromatic rings. The summed E-state index contributed by atoms with van der Waals surface area (Å²) >= 11 is 0. The molecule has 1 aliphatic heterocycles. The Morgan fingerprint density at radius 3 is 2.88 bits per heavy atom. The molecule has 0 spiro atoms. The third-order valence-corrected chi connectivity index (χ3v) is 3.08. The first-order valence-electron chi connectivity index (χ1n) is 5.27. The van der Waals surface area contributed by atoms with Gasteiger partial charge in [-0.2, -0.15) is 8.42 Å². The van der Waals surface area contributed by atoms with Gasteiger partial charge in [-0.25, -0.2) is 0 Å². The fraction of sp³-hybridized carbons (Fsp3) is 0.455. The molecular weight excluding hydrogens is 242 g/mol. The molecule has 0 radical (unpaired) electrons. The zero-order valence-corrected chi connectivity index (χ0v) is 10.6. The van der Waals surface area contributed by atoms with Crippen LogP contribution in [0.3, 0.4) is 0 Å². The Hall–Kier alpha value is -1.27. The highest BCUT2D eigenvalue weighted by atomic mass is 32.2. The Balaban J connectivity index is 2.07. The summed E-state index contributed by atoms with van der Waals surface area (Å²) in [4.78, 5) is 2.02. The van der Waals surface area contributed by atoms with Crippen molar-refractivity contribution in [2.24, 2.45) is 0 Å². The van der Waals surface area contributed by atoms with E-state index in [2.05, 4.69) is 0 Å². The lowest BCUT2D eigenvalue weighted by Crippen LogP contribution is -2.40. The number of fused-ring (bicyclic) bond motifs is 1. The summed E-state index contributed by atoms with van der Waals surface area (Å²) in [7, 11) is -1.48. The maximum Gasteiger partial charge on any atom is 0.264 e. The fourth-order valence-electron chi connectivity index (χ4n) is 1.78. The lowest BCUT2D eigenvalue weighted by atomic mass is 10.2. The first-order valence-corrected chi connectivity index (χ1v) is 7.08. The van der Waals surface area contributed by atoms with Gasteiger partial charge in [-0.3, -0.25) is 4.18 Å². The zero-order valence-electron chi connectivity index (χ0n) is 9.79. The van der Waals surface area contributed by atoms with Crippen LogP contribution in [0.4, 0.5) is 5.69 Å². The van der Waals surface area contributed by atoms with E-state index in [-0.39, 0.29) is 12.7 Å². The molecule has 0 amide bonds. The lowest BCUT2D eigenvalue weighted by molar-refractivity contribution is 0.130. The Kier molecular flexibility index (Phi) is 3.26. The van der Waals surface area contributed by atoms with Crippen molar-refractivity contribution in [2.45, 2.75) is 6.10 Å². The van der Waals surface area contributed by atoms with Crippen molar-refractivity contribution in [3.63, 3.8) is 0 Å². The zero-order chi connectivity index (χ0) is 12.5. The summed E-state index contributed by atoms with van der Waals surface area (Å²) in [5.41, 5.74) is 1.00. The van der Waals surface area contributed by atoms with Crippen LogP contribution in [0.25, 0.3) is 0 Å². The van der Waals surface area contributed by atoms with Crippen LogP contribution in [0.5, 0.6) is 5.75 Å². The molecule has 6 heteroatoms. The van der Waals surface area contributed by atoms with Crippen molar-refractivity contribution in [3.05, 3.63) is 24.3 Å². The van der Waals surface area contributed by atoms with E-state index in [0.29, 0.717) is 6.54 Å². The lowest BCUT2D eigenvalue weighted by Gasteiger charge is -2.33. The van der Waals surface area contributed by atoms with Crippen molar-refractivity contribution in [1.29, 1.82) is 0 Å². The quantitative estimate of drug-likeness (QED) is 0.752. The Morgan fingerprint density at radius 2 is 2.18 bits per heavy atom. The molecule has 5 nitrogen and oxygen atoms in total. The van der Waals surface area contributed by atoms with E-state index in [1.807, 2.05) is 36.2 Å². The molecule has 0 aromatic heterocycles. The van der Waals surface area contributed by atoms with Gasteiger partial charge in [-0.15, -0.1) is 0 Å². The van der Waals surface area contributed by atoms with Crippen LogP contribution >= 0.6 is 0 Å². The summed E-state index contributed by atoms with van der Waals surface area (Å²) in [5, 5.41) is 0. The van der Waals surface area contributed by atoms with Crippen LogP contribution in [-0.4, -0.2) is 41.0 Å². The van der Waals surface area contributed by atoms with Crippen LogP contribution in [0.15, 0.2) is 24.3 Å². The van der Waals surface area contributed by atoms with Gasteiger partial charge in [0.15, 0.2) is 0 Å². The highest BCUT2D eigenvalue weighted by Crippen LogP contribution is 2.31. The van der Waals surface area contributed by atoms with Crippen molar-refractivity contribution in [1.82, 2.24) is 0 Å². The molecule has 0 bridgehead atoms. The van der Waals surface area contributed by atoms with E-state index in [4.69, 9.17) is 8.92 Å². The maximum absolute atomic E-state index is 10.9. The number of benzene rings is 1. The van der Waals surface area contributed by atoms with Crippen LogP contribution in [0, 0.1) is 0 Å². The van der Waals surface area contributed by atoms with E-state index < -0.39 is 10.1 Å². The van der Waals surface area contributed by atoms with Crippen LogP contribution in [0.1, 0.15) is 0 Å². The van der Waals surface area contributed by atoms with Gasteiger partial charge in [-0.1, -0.05) is 12.1 Å². The van der Waals surface area contributed by atoms with Crippen molar-refractivity contribution >= 4 is 15.8 Å². The SMILES string of the molecule is CN1CC(COS(C)(=O)=O)Oc2ccccc21. The average molecular weight is 257 g/mol. The number of hydrogen-bond acceptors (Lipinski definition) is 5. The molecule has 17 heavy (non-hydrogen) atoms. The summed E-state index contributed by atoms with van der Waals surface area (Å²) in [6, 6.07) is 7.64. The highest BCUT2D eigenvalue weighted by molar-refractivity contribution is 7.85. The molecule has 0 fully saturated rings. The van der Waals surface area contributed by atoms with Gasteiger partial charge in [0.05, 0.1) is 18.5 Å². The third kappa shape index (κ3) is 3.10. The predicted molar refractivity (Wildman–Crippen MR) is 64.9 cm³/mol. The number of rotatable bonds is 3. The molecule has 1 heterocycles. The number of likely N-dealkylation sites (N-methyl/N-ethyl adjacent to an activating group) is 1. The van der Waals surface area contributed by atoms with Crippen LogP contribution < -0.4 is 9.64 Å². The van der Waals surface area contributed by atoms with Gasteiger partial charge in [-0.05, 0) is 12.1 Å². The molecule has 0 saturated heterocycles. The molecule has 1 unspecified atom stereocenters. The second-order valence-electron chi connectivity index (χ2n) is 4.08.